The first-order valence-corrected chi connectivity index (χ1v) is 5.64. The van der Waals surface area contributed by atoms with Crippen LogP contribution in [-0.4, -0.2) is 35.6 Å². The van der Waals surface area contributed by atoms with E-state index in [1.807, 2.05) is 6.07 Å². The number of anilines is 1. The Hall–Kier alpha value is -1.16. The molecule has 1 aromatic rings. The molecule has 0 atom stereocenters. The second kappa shape index (κ2) is 5.07. The van der Waals surface area contributed by atoms with Gasteiger partial charge in [-0.3, -0.25) is 0 Å². The van der Waals surface area contributed by atoms with Crippen molar-refractivity contribution in [3.8, 4) is 0 Å². The molecule has 4 heteroatoms. The zero-order valence-corrected chi connectivity index (χ0v) is 9.19. The molecule has 1 fully saturated rings. The topological polar surface area (TPSA) is 41.0 Å². The summed E-state index contributed by atoms with van der Waals surface area (Å²) >= 11 is 0. The number of hydrogen-bond donors (Lipinski definition) is 1. The lowest BCUT2D eigenvalue weighted by molar-refractivity contribution is 0.422. The summed E-state index contributed by atoms with van der Waals surface area (Å²) in [5.41, 5.74) is 0. The fraction of sp³-hybridized carbons (Fsp3) is 0.636. The fourth-order valence-electron chi connectivity index (χ4n) is 2.07. The molecule has 0 aromatic carbocycles. The molecule has 0 bridgehead atoms. The third-order valence-corrected chi connectivity index (χ3v) is 2.88. The van der Waals surface area contributed by atoms with Gasteiger partial charge in [0.2, 0.25) is 0 Å². The number of nitrogens with zero attached hydrogens (tertiary/aromatic N) is 3. The van der Waals surface area contributed by atoms with Crippen LogP contribution in [0.3, 0.4) is 0 Å². The largest absolute Gasteiger partial charge is 0.356 e. The third-order valence-electron chi connectivity index (χ3n) is 2.88. The summed E-state index contributed by atoms with van der Waals surface area (Å²) in [7, 11) is 0. The minimum atomic E-state index is 0.688. The molecule has 1 saturated heterocycles. The van der Waals surface area contributed by atoms with Crippen LogP contribution in [-0.2, 0) is 0 Å². The van der Waals surface area contributed by atoms with Crippen molar-refractivity contribution in [2.45, 2.75) is 25.8 Å². The Kier molecular flexibility index (Phi) is 3.50. The summed E-state index contributed by atoms with van der Waals surface area (Å²) in [5.74, 6) is 1.06. The second-order valence-electron chi connectivity index (χ2n) is 3.89. The Morgan fingerprint density at radius 3 is 2.87 bits per heavy atom. The molecule has 0 unspecified atom stereocenters. The summed E-state index contributed by atoms with van der Waals surface area (Å²) in [6.45, 7) is 5.42. The number of aromatic nitrogens is 2. The van der Waals surface area contributed by atoms with E-state index in [1.165, 1.54) is 12.8 Å². The molecular weight excluding hydrogens is 188 g/mol. The maximum atomic E-state index is 4.27. The first-order chi connectivity index (χ1) is 7.40. The van der Waals surface area contributed by atoms with Crippen molar-refractivity contribution in [2.75, 3.05) is 24.5 Å². The van der Waals surface area contributed by atoms with Gasteiger partial charge in [0.25, 0.3) is 0 Å². The molecule has 82 valence electrons. The van der Waals surface area contributed by atoms with E-state index in [0.29, 0.717) is 6.04 Å². The Labute approximate surface area is 90.7 Å². The maximum Gasteiger partial charge on any atom is 0.131 e. The van der Waals surface area contributed by atoms with Crippen molar-refractivity contribution in [3.63, 3.8) is 0 Å². The lowest BCUT2D eigenvalue weighted by Crippen LogP contribution is -2.42. The summed E-state index contributed by atoms with van der Waals surface area (Å²) in [6, 6.07) is 2.67. The number of rotatable bonds is 3. The summed E-state index contributed by atoms with van der Waals surface area (Å²) < 4.78 is 0. The predicted octanol–water partition coefficient (Wildman–Crippen LogP) is 1.05. The van der Waals surface area contributed by atoms with Crippen molar-refractivity contribution in [1.29, 1.82) is 0 Å². The highest BCUT2D eigenvalue weighted by Gasteiger charge is 2.18. The molecule has 1 aliphatic heterocycles. The van der Waals surface area contributed by atoms with Gasteiger partial charge in [0.05, 0.1) is 0 Å². The first-order valence-electron chi connectivity index (χ1n) is 5.64. The van der Waals surface area contributed by atoms with Gasteiger partial charge in [-0.1, -0.05) is 6.92 Å². The minimum absolute atomic E-state index is 0.688. The van der Waals surface area contributed by atoms with E-state index < -0.39 is 0 Å². The van der Waals surface area contributed by atoms with Crippen LogP contribution in [0.5, 0.6) is 0 Å². The van der Waals surface area contributed by atoms with Crippen LogP contribution in [0.1, 0.15) is 19.8 Å². The van der Waals surface area contributed by atoms with E-state index >= 15 is 0 Å². The molecule has 2 rings (SSSR count). The smallest absolute Gasteiger partial charge is 0.131 e. The SMILES string of the molecule is CCNC1CCN(c2ccncn2)CC1. The lowest BCUT2D eigenvalue weighted by atomic mass is 10.1. The molecule has 0 amide bonds. The zero-order valence-electron chi connectivity index (χ0n) is 9.19. The normalized spacial score (nSPS) is 18.1. The molecular formula is C11H18N4. The van der Waals surface area contributed by atoms with Gasteiger partial charge in [0, 0.05) is 25.3 Å². The van der Waals surface area contributed by atoms with Gasteiger partial charge < -0.3 is 10.2 Å². The Morgan fingerprint density at radius 1 is 1.47 bits per heavy atom. The molecule has 1 N–H and O–H groups in total. The quantitative estimate of drug-likeness (QED) is 0.802. The Morgan fingerprint density at radius 2 is 2.27 bits per heavy atom. The van der Waals surface area contributed by atoms with Crippen molar-refractivity contribution in [2.24, 2.45) is 0 Å². The predicted molar refractivity (Wildman–Crippen MR) is 60.9 cm³/mol. The molecule has 0 saturated carbocycles. The third kappa shape index (κ3) is 2.65. The highest BCUT2D eigenvalue weighted by atomic mass is 15.2. The number of hydrogen-bond acceptors (Lipinski definition) is 4. The van der Waals surface area contributed by atoms with Gasteiger partial charge in [0.15, 0.2) is 0 Å². The number of piperidine rings is 1. The second-order valence-corrected chi connectivity index (χ2v) is 3.89. The maximum absolute atomic E-state index is 4.27. The molecule has 2 heterocycles. The molecule has 0 spiro atoms. The summed E-state index contributed by atoms with van der Waals surface area (Å²) in [5, 5.41) is 3.50. The van der Waals surface area contributed by atoms with Crippen LogP contribution in [0.4, 0.5) is 5.82 Å². The van der Waals surface area contributed by atoms with Crippen LogP contribution in [0.25, 0.3) is 0 Å². The van der Waals surface area contributed by atoms with Crippen LogP contribution >= 0.6 is 0 Å². The molecule has 0 radical (unpaired) electrons. The molecule has 1 aromatic heterocycles. The van der Waals surface area contributed by atoms with Crippen LogP contribution in [0.2, 0.25) is 0 Å². The van der Waals surface area contributed by atoms with Crippen LogP contribution in [0, 0.1) is 0 Å². The summed E-state index contributed by atoms with van der Waals surface area (Å²) in [6.07, 6.45) is 5.83. The standard InChI is InChI=1S/C11H18N4/c1-2-13-10-4-7-15(8-5-10)11-3-6-12-9-14-11/h3,6,9-10,13H,2,4-5,7-8H2,1H3. The van der Waals surface area contributed by atoms with E-state index in [1.54, 1.807) is 12.5 Å². The van der Waals surface area contributed by atoms with Gasteiger partial charge in [0.1, 0.15) is 12.1 Å². The van der Waals surface area contributed by atoms with E-state index in [9.17, 15) is 0 Å². The van der Waals surface area contributed by atoms with Gasteiger partial charge in [-0.25, -0.2) is 9.97 Å². The Balaban J connectivity index is 1.88. The van der Waals surface area contributed by atoms with Crippen molar-refractivity contribution < 1.29 is 0 Å². The van der Waals surface area contributed by atoms with E-state index in [0.717, 1.165) is 25.5 Å². The van der Waals surface area contributed by atoms with E-state index in [-0.39, 0.29) is 0 Å². The highest BCUT2D eigenvalue weighted by molar-refractivity contribution is 5.36. The average molecular weight is 206 g/mol. The lowest BCUT2D eigenvalue weighted by Gasteiger charge is -2.32. The minimum Gasteiger partial charge on any atom is -0.356 e. The van der Waals surface area contributed by atoms with Gasteiger partial charge in [-0.15, -0.1) is 0 Å². The Bertz CT molecular complexity index is 280. The van der Waals surface area contributed by atoms with Crippen LogP contribution in [0.15, 0.2) is 18.6 Å². The van der Waals surface area contributed by atoms with Gasteiger partial charge in [-0.2, -0.15) is 0 Å². The van der Waals surface area contributed by atoms with Crippen LogP contribution < -0.4 is 10.2 Å². The highest BCUT2D eigenvalue weighted by Crippen LogP contribution is 2.16. The zero-order chi connectivity index (χ0) is 10.5. The monoisotopic (exact) mass is 206 g/mol. The van der Waals surface area contributed by atoms with E-state index in [4.69, 9.17) is 0 Å². The fourth-order valence-corrected chi connectivity index (χ4v) is 2.07. The van der Waals surface area contributed by atoms with Crippen molar-refractivity contribution >= 4 is 5.82 Å². The van der Waals surface area contributed by atoms with Crippen molar-refractivity contribution in [3.05, 3.63) is 18.6 Å². The summed E-state index contributed by atoms with van der Waals surface area (Å²) in [4.78, 5) is 10.5. The first kappa shape index (κ1) is 10.4. The van der Waals surface area contributed by atoms with Gasteiger partial charge in [-0.05, 0) is 25.5 Å². The van der Waals surface area contributed by atoms with Crippen molar-refractivity contribution in [1.82, 2.24) is 15.3 Å². The number of nitrogens with one attached hydrogen (secondary N) is 1. The van der Waals surface area contributed by atoms with E-state index in [2.05, 4.69) is 27.1 Å². The molecule has 15 heavy (non-hydrogen) atoms. The molecule has 0 aliphatic carbocycles. The molecule has 4 nitrogen and oxygen atoms in total. The van der Waals surface area contributed by atoms with Gasteiger partial charge >= 0.3 is 0 Å². The molecule has 1 aliphatic rings. The average Bonchev–Trinajstić information content (AvgIpc) is 2.32.